The maximum atomic E-state index is 15.2. The molecule has 0 N–H and O–H groups in total. The van der Waals surface area contributed by atoms with Gasteiger partial charge in [-0.2, -0.15) is 0 Å². The predicted octanol–water partition coefficient (Wildman–Crippen LogP) is 7.52. The highest BCUT2D eigenvalue weighted by Crippen LogP contribution is 2.41. The zero-order valence-electron chi connectivity index (χ0n) is 35.7. The molecule has 313 valence electrons. The highest BCUT2D eigenvalue weighted by Gasteiger charge is 2.29. The number of methoxy groups -OCH3 is 2. The summed E-state index contributed by atoms with van der Waals surface area (Å²) in [5, 5.41) is 9.64. The molecular formula is C46H40BN10O6. The van der Waals surface area contributed by atoms with Crippen LogP contribution >= 0.6 is 0 Å². The van der Waals surface area contributed by atoms with E-state index in [1.54, 1.807) is 48.1 Å². The maximum absolute atomic E-state index is 15.2. The summed E-state index contributed by atoms with van der Waals surface area (Å²) in [7, 11) is 4.71. The molecule has 8 aromatic heterocycles. The van der Waals surface area contributed by atoms with E-state index in [0.717, 1.165) is 22.3 Å². The molecule has 63 heavy (non-hydrogen) atoms. The number of fused-ring (bicyclic) bond motifs is 6. The zero-order chi connectivity index (χ0) is 43.8. The number of benzene rings is 2. The van der Waals surface area contributed by atoms with Gasteiger partial charge in [-0.1, -0.05) is 22.4 Å². The largest absolute Gasteiger partial charge is 0.496 e. The SMILES string of the molecule is COc1cc2c(cc1-c1c(C)noc1C)ncc1c2n(C(C)c2ccccn2)c(=O)n1[B]n1c(=O)n(C(C)c2ccccn2)c2c3cc(OC)c(-c4c(C)noc4C)cc3ncc21. The van der Waals surface area contributed by atoms with Gasteiger partial charge in [0.25, 0.3) is 0 Å². The zero-order valence-corrected chi connectivity index (χ0v) is 35.7. The van der Waals surface area contributed by atoms with Crippen LogP contribution in [0, 0.1) is 27.7 Å². The first-order valence-electron chi connectivity index (χ1n) is 20.3. The van der Waals surface area contributed by atoms with Crippen molar-refractivity contribution in [3.63, 3.8) is 0 Å². The first-order valence-corrected chi connectivity index (χ1v) is 20.3. The molecule has 0 saturated heterocycles. The molecule has 10 rings (SSSR count). The molecule has 8 heterocycles. The minimum absolute atomic E-state index is 0.420. The predicted molar refractivity (Wildman–Crippen MR) is 239 cm³/mol. The van der Waals surface area contributed by atoms with Gasteiger partial charge in [-0.05, 0) is 90.1 Å². The third kappa shape index (κ3) is 6.05. The Bertz CT molecular complexity index is 3280. The summed E-state index contributed by atoms with van der Waals surface area (Å²) in [6, 6.07) is 17.7. The molecule has 0 aliphatic heterocycles. The van der Waals surface area contributed by atoms with Crippen molar-refractivity contribution >= 4 is 51.4 Å². The van der Waals surface area contributed by atoms with Crippen LogP contribution in [0.4, 0.5) is 0 Å². The van der Waals surface area contributed by atoms with E-state index in [-0.39, 0.29) is 0 Å². The van der Waals surface area contributed by atoms with Crippen LogP contribution in [0.1, 0.15) is 60.2 Å². The second kappa shape index (κ2) is 15.0. The number of hydrogen-bond acceptors (Lipinski definition) is 12. The molecule has 0 amide bonds. The monoisotopic (exact) mass is 839 g/mol. The van der Waals surface area contributed by atoms with Crippen LogP contribution in [0.3, 0.4) is 0 Å². The van der Waals surface area contributed by atoms with Gasteiger partial charge in [0.05, 0.1) is 106 Å². The Morgan fingerprint density at radius 3 is 1.38 bits per heavy atom. The molecule has 0 aliphatic rings. The molecule has 10 aromatic rings. The summed E-state index contributed by atoms with van der Waals surface area (Å²) < 4.78 is 29.3. The van der Waals surface area contributed by atoms with Crippen molar-refractivity contribution in [2.24, 2.45) is 0 Å². The van der Waals surface area contributed by atoms with Crippen molar-refractivity contribution in [2.45, 2.75) is 53.6 Å². The molecule has 0 bridgehead atoms. The molecule has 17 heteroatoms. The van der Waals surface area contributed by atoms with Crippen LogP contribution in [0.2, 0.25) is 0 Å². The Balaban J connectivity index is 1.24. The van der Waals surface area contributed by atoms with Crippen LogP contribution in [0.5, 0.6) is 11.5 Å². The molecule has 2 atom stereocenters. The summed E-state index contributed by atoms with van der Waals surface area (Å²) in [6.45, 7) is 11.3. The fourth-order valence-electron chi connectivity index (χ4n) is 8.91. The third-order valence-corrected chi connectivity index (χ3v) is 12.0. The summed E-state index contributed by atoms with van der Waals surface area (Å²) in [6.07, 6.45) is 6.69. The molecule has 2 unspecified atom stereocenters. The van der Waals surface area contributed by atoms with Gasteiger partial charge in [0, 0.05) is 34.3 Å². The standard InChI is InChI=1S/C46H40BN10O6/c1-23-41(27(5)62-52-23)31-17-35-29(19-39(31)60-7)43-37(21-50-35)56(45(58)54(43)25(3)33-13-9-11-15-48-33)47-57-38-22-51-36-18-32(42-24(2)53-63-28(42)6)40(61-8)20-30(36)44(38)55(46(57)59)26(4)34-14-10-12-16-49-34/h9-22,25-26H,1-8H3. The van der Waals surface area contributed by atoms with E-state index in [1.807, 2.05) is 102 Å². The van der Waals surface area contributed by atoms with Gasteiger partial charge in [0.2, 0.25) is 0 Å². The summed E-state index contributed by atoms with van der Waals surface area (Å²) in [5.74, 6) is 2.36. The smallest absolute Gasteiger partial charge is 0.409 e. The lowest BCUT2D eigenvalue weighted by atomic mass is 10.00. The highest BCUT2D eigenvalue weighted by atomic mass is 16.5. The van der Waals surface area contributed by atoms with Gasteiger partial charge in [-0.15, -0.1) is 0 Å². The van der Waals surface area contributed by atoms with Crippen molar-refractivity contribution < 1.29 is 18.5 Å². The topological polar surface area (TPSA) is 176 Å². The van der Waals surface area contributed by atoms with Gasteiger partial charge < -0.3 is 27.5 Å². The van der Waals surface area contributed by atoms with Crippen LogP contribution in [0.25, 0.3) is 66.1 Å². The minimum atomic E-state index is -0.540. The van der Waals surface area contributed by atoms with Gasteiger partial charge >= 0.3 is 18.9 Å². The number of pyridine rings is 4. The lowest BCUT2D eigenvalue weighted by Crippen LogP contribution is -2.37. The number of nitrogens with zero attached hydrogens (tertiary/aromatic N) is 10. The highest BCUT2D eigenvalue weighted by molar-refractivity contribution is 6.36. The first kappa shape index (κ1) is 39.3. The minimum Gasteiger partial charge on any atom is -0.496 e. The Labute approximate surface area is 359 Å². The fraction of sp³-hybridized carbons (Fsp3) is 0.217. The van der Waals surface area contributed by atoms with Gasteiger partial charge in [0.15, 0.2) is 0 Å². The number of ether oxygens (including phenoxy) is 2. The van der Waals surface area contributed by atoms with Crippen LogP contribution < -0.4 is 20.9 Å². The van der Waals surface area contributed by atoms with E-state index in [0.29, 0.717) is 89.7 Å². The lowest BCUT2D eigenvalue weighted by molar-refractivity contribution is 0.393. The normalized spacial score (nSPS) is 12.8. The van der Waals surface area contributed by atoms with Gasteiger partial charge in [-0.25, -0.2) is 9.59 Å². The van der Waals surface area contributed by atoms with Gasteiger partial charge in [-0.3, -0.25) is 29.1 Å². The second-order valence-electron chi connectivity index (χ2n) is 15.5. The number of aryl methyl sites for hydroxylation is 4. The summed E-state index contributed by atoms with van der Waals surface area (Å²) in [4.78, 5) is 49.4. The van der Waals surface area contributed by atoms with E-state index in [4.69, 9.17) is 28.5 Å². The summed E-state index contributed by atoms with van der Waals surface area (Å²) >= 11 is 0. The third-order valence-electron chi connectivity index (χ3n) is 12.0. The van der Waals surface area contributed by atoms with Crippen molar-refractivity contribution in [1.82, 2.24) is 48.3 Å². The Hall–Kier alpha value is -7.82. The van der Waals surface area contributed by atoms with Crippen molar-refractivity contribution in [1.29, 1.82) is 0 Å². The fourth-order valence-corrected chi connectivity index (χ4v) is 8.91. The summed E-state index contributed by atoms with van der Waals surface area (Å²) in [5.41, 5.74) is 8.27. The quantitative estimate of drug-likeness (QED) is 0.124. The number of rotatable bonds is 10. The van der Waals surface area contributed by atoms with E-state index < -0.39 is 23.5 Å². The van der Waals surface area contributed by atoms with E-state index in [9.17, 15) is 0 Å². The molecule has 0 aliphatic carbocycles. The van der Waals surface area contributed by atoms with Crippen LogP contribution in [-0.2, 0) is 0 Å². The van der Waals surface area contributed by atoms with Crippen molar-refractivity contribution in [2.75, 3.05) is 14.2 Å². The lowest BCUT2D eigenvalue weighted by Gasteiger charge is -2.15. The molecule has 2 aromatic carbocycles. The number of imidazole rings is 2. The molecule has 0 spiro atoms. The molecule has 16 nitrogen and oxygen atoms in total. The molecule has 0 fully saturated rings. The Kier molecular flexibility index (Phi) is 9.35. The van der Waals surface area contributed by atoms with E-state index in [1.165, 1.54) is 16.5 Å². The van der Waals surface area contributed by atoms with Crippen LogP contribution in [-0.4, -0.2) is 70.1 Å². The van der Waals surface area contributed by atoms with Crippen molar-refractivity contribution in [3.8, 4) is 33.8 Å². The number of hydrogen-bond donors (Lipinski definition) is 0. The average molecular weight is 840 g/mol. The second-order valence-corrected chi connectivity index (χ2v) is 15.5. The van der Waals surface area contributed by atoms with Crippen LogP contribution in [0.15, 0.2) is 104 Å². The maximum Gasteiger partial charge on any atom is 0.409 e. The van der Waals surface area contributed by atoms with E-state index >= 15 is 9.59 Å². The van der Waals surface area contributed by atoms with Gasteiger partial charge in [0.1, 0.15) is 23.0 Å². The first-order chi connectivity index (χ1) is 30.5. The average Bonchev–Trinajstić information content (AvgIpc) is 4.00. The Morgan fingerprint density at radius 2 is 1.03 bits per heavy atom. The van der Waals surface area contributed by atoms with E-state index in [2.05, 4.69) is 20.3 Å². The number of aromatic nitrogens is 10. The molecular weight excluding hydrogens is 799 g/mol. The molecule has 1 radical (unpaired) electrons. The Morgan fingerprint density at radius 1 is 0.603 bits per heavy atom. The van der Waals surface area contributed by atoms with Crippen molar-refractivity contribution in [3.05, 3.63) is 141 Å². The molecule has 0 saturated carbocycles.